The molecule has 1 aliphatic carbocycles. The van der Waals surface area contributed by atoms with Gasteiger partial charge in [0.15, 0.2) is 5.82 Å². The smallest absolute Gasteiger partial charge is 0.310 e. The zero-order chi connectivity index (χ0) is 11.8. The lowest BCUT2D eigenvalue weighted by molar-refractivity contribution is -0.148. The number of hydrogen-bond donors (Lipinski definition) is 1. The molecule has 1 heterocycles. The van der Waals surface area contributed by atoms with E-state index in [1.165, 1.54) is 4.80 Å². The molecule has 1 N–H and O–H groups in total. The van der Waals surface area contributed by atoms with Gasteiger partial charge in [0, 0.05) is 6.42 Å². The van der Waals surface area contributed by atoms with Crippen LogP contribution in [0.1, 0.15) is 32.0 Å². The summed E-state index contributed by atoms with van der Waals surface area (Å²) in [4.78, 5) is 12.8. The van der Waals surface area contributed by atoms with Gasteiger partial charge in [-0.05, 0) is 30.4 Å². The number of aliphatic carboxylic acids is 1. The number of carboxylic acid groups (broad SMARTS) is 1. The van der Waals surface area contributed by atoms with Crippen LogP contribution in [0.4, 0.5) is 0 Å². The Morgan fingerprint density at radius 2 is 2.44 bits per heavy atom. The first kappa shape index (κ1) is 11.0. The minimum Gasteiger partial charge on any atom is -0.481 e. The van der Waals surface area contributed by atoms with Crippen LogP contribution in [0, 0.1) is 11.3 Å². The second-order valence-electron chi connectivity index (χ2n) is 4.81. The van der Waals surface area contributed by atoms with Gasteiger partial charge in [0.25, 0.3) is 0 Å². The third kappa shape index (κ3) is 1.91. The standard InChI is InChI=1S/C10H16N4O2/c1-7-3-4-10(5-7,9(15)16)6-8-11-13-14(2)12-8/h7H,3-6H2,1-2H3,(H,15,16). The Bertz CT molecular complexity index is 403. The average molecular weight is 224 g/mol. The second-order valence-corrected chi connectivity index (χ2v) is 4.81. The first-order valence-electron chi connectivity index (χ1n) is 5.48. The van der Waals surface area contributed by atoms with Crippen molar-refractivity contribution in [2.24, 2.45) is 18.4 Å². The van der Waals surface area contributed by atoms with E-state index in [-0.39, 0.29) is 0 Å². The van der Waals surface area contributed by atoms with Crippen molar-refractivity contribution < 1.29 is 9.90 Å². The molecule has 2 rings (SSSR count). The van der Waals surface area contributed by atoms with Gasteiger partial charge in [-0.2, -0.15) is 4.80 Å². The summed E-state index contributed by atoms with van der Waals surface area (Å²) in [5, 5.41) is 21.0. The summed E-state index contributed by atoms with van der Waals surface area (Å²) in [7, 11) is 1.68. The number of nitrogens with zero attached hydrogens (tertiary/aromatic N) is 4. The lowest BCUT2D eigenvalue weighted by atomic mass is 9.82. The average Bonchev–Trinajstić information content (AvgIpc) is 2.75. The van der Waals surface area contributed by atoms with E-state index in [4.69, 9.17) is 0 Å². The third-order valence-electron chi connectivity index (χ3n) is 3.35. The molecule has 0 spiro atoms. The largest absolute Gasteiger partial charge is 0.481 e. The number of aryl methyl sites for hydroxylation is 1. The monoisotopic (exact) mass is 224 g/mol. The van der Waals surface area contributed by atoms with E-state index in [1.807, 2.05) is 0 Å². The normalized spacial score (nSPS) is 29.5. The molecule has 1 aliphatic rings. The summed E-state index contributed by atoms with van der Waals surface area (Å²) in [6, 6.07) is 0. The van der Waals surface area contributed by atoms with Crippen LogP contribution < -0.4 is 0 Å². The van der Waals surface area contributed by atoms with Gasteiger partial charge in [-0.15, -0.1) is 10.2 Å². The molecule has 0 bridgehead atoms. The molecule has 1 aromatic heterocycles. The van der Waals surface area contributed by atoms with Crippen molar-refractivity contribution in [3.8, 4) is 0 Å². The summed E-state index contributed by atoms with van der Waals surface area (Å²) < 4.78 is 0. The Morgan fingerprint density at radius 1 is 1.69 bits per heavy atom. The quantitative estimate of drug-likeness (QED) is 0.815. The van der Waals surface area contributed by atoms with Crippen LogP contribution in [0.3, 0.4) is 0 Å². The van der Waals surface area contributed by atoms with Crippen molar-refractivity contribution in [1.29, 1.82) is 0 Å². The molecule has 0 amide bonds. The molecule has 6 heteroatoms. The van der Waals surface area contributed by atoms with Crippen LogP contribution >= 0.6 is 0 Å². The van der Waals surface area contributed by atoms with Crippen molar-refractivity contribution in [3.63, 3.8) is 0 Å². The summed E-state index contributed by atoms with van der Waals surface area (Å²) in [6.45, 7) is 2.09. The Morgan fingerprint density at radius 3 is 2.88 bits per heavy atom. The highest BCUT2D eigenvalue weighted by Crippen LogP contribution is 2.43. The summed E-state index contributed by atoms with van der Waals surface area (Å²) >= 11 is 0. The van der Waals surface area contributed by atoms with Gasteiger partial charge in [-0.3, -0.25) is 4.79 Å². The van der Waals surface area contributed by atoms with E-state index in [0.29, 0.717) is 31.0 Å². The first-order chi connectivity index (χ1) is 7.52. The minimum absolute atomic E-state index is 0.389. The van der Waals surface area contributed by atoms with Gasteiger partial charge in [0.1, 0.15) is 0 Å². The molecule has 0 radical (unpaired) electrons. The van der Waals surface area contributed by atoms with E-state index in [0.717, 1.165) is 6.42 Å². The zero-order valence-corrected chi connectivity index (χ0v) is 9.55. The Labute approximate surface area is 93.6 Å². The molecule has 2 unspecified atom stereocenters. The number of rotatable bonds is 3. The highest BCUT2D eigenvalue weighted by Gasteiger charge is 2.45. The Kier molecular flexibility index (Phi) is 2.65. The summed E-state index contributed by atoms with van der Waals surface area (Å²) in [6.07, 6.45) is 2.77. The van der Waals surface area contributed by atoms with E-state index < -0.39 is 11.4 Å². The Hall–Kier alpha value is -1.46. The van der Waals surface area contributed by atoms with E-state index in [9.17, 15) is 9.90 Å². The molecule has 6 nitrogen and oxygen atoms in total. The van der Waals surface area contributed by atoms with Crippen LogP contribution in [0.25, 0.3) is 0 Å². The SMILES string of the molecule is CC1CCC(Cc2nnn(C)n2)(C(=O)O)C1. The lowest BCUT2D eigenvalue weighted by Gasteiger charge is -2.22. The zero-order valence-electron chi connectivity index (χ0n) is 9.55. The topological polar surface area (TPSA) is 80.9 Å². The molecule has 1 saturated carbocycles. The third-order valence-corrected chi connectivity index (χ3v) is 3.35. The van der Waals surface area contributed by atoms with Crippen LogP contribution in [0.15, 0.2) is 0 Å². The van der Waals surface area contributed by atoms with Gasteiger partial charge in [-0.25, -0.2) is 0 Å². The highest BCUT2D eigenvalue weighted by atomic mass is 16.4. The fourth-order valence-corrected chi connectivity index (χ4v) is 2.52. The molecule has 0 saturated heterocycles. The molecule has 1 fully saturated rings. The van der Waals surface area contributed by atoms with Crippen LogP contribution in [0.5, 0.6) is 0 Å². The van der Waals surface area contributed by atoms with Crippen molar-refractivity contribution >= 4 is 5.97 Å². The number of carbonyl (C=O) groups is 1. The molecular formula is C10H16N4O2. The molecule has 88 valence electrons. The molecular weight excluding hydrogens is 208 g/mol. The van der Waals surface area contributed by atoms with Crippen molar-refractivity contribution in [2.75, 3.05) is 0 Å². The first-order valence-corrected chi connectivity index (χ1v) is 5.48. The van der Waals surface area contributed by atoms with Gasteiger partial charge < -0.3 is 5.11 Å². The molecule has 1 aromatic rings. The van der Waals surface area contributed by atoms with Gasteiger partial charge in [-0.1, -0.05) is 6.92 Å². The number of tetrazole rings is 1. The van der Waals surface area contributed by atoms with Crippen LogP contribution in [-0.2, 0) is 18.3 Å². The predicted molar refractivity (Wildman–Crippen MR) is 55.6 cm³/mol. The maximum absolute atomic E-state index is 11.4. The molecule has 0 aromatic carbocycles. The second kappa shape index (κ2) is 3.84. The van der Waals surface area contributed by atoms with E-state index in [1.54, 1.807) is 7.05 Å². The number of aromatic nitrogens is 4. The summed E-state index contributed by atoms with van der Waals surface area (Å²) in [5.74, 6) is 0.260. The number of hydrogen-bond acceptors (Lipinski definition) is 4. The Balaban J connectivity index is 2.18. The fraction of sp³-hybridized carbons (Fsp3) is 0.800. The number of carboxylic acids is 1. The van der Waals surface area contributed by atoms with Crippen LogP contribution in [0.2, 0.25) is 0 Å². The van der Waals surface area contributed by atoms with E-state index >= 15 is 0 Å². The van der Waals surface area contributed by atoms with E-state index in [2.05, 4.69) is 22.3 Å². The maximum atomic E-state index is 11.4. The highest BCUT2D eigenvalue weighted by molar-refractivity contribution is 5.75. The molecule has 16 heavy (non-hydrogen) atoms. The molecule has 2 atom stereocenters. The van der Waals surface area contributed by atoms with Crippen molar-refractivity contribution in [3.05, 3.63) is 5.82 Å². The van der Waals surface area contributed by atoms with Gasteiger partial charge in [0.05, 0.1) is 12.5 Å². The fourth-order valence-electron chi connectivity index (χ4n) is 2.52. The lowest BCUT2D eigenvalue weighted by Crippen LogP contribution is -2.31. The van der Waals surface area contributed by atoms with Crippen molar-refractivity contribution in [1.82, 2.24) is 20.2 Å². The molecule has 0 aliphatic heterocycles. The summed E-state index contributed by atoms with van der Waals surface area (Å²) in [5.41, 5.74) is -0.678. The maximum Gasteiger partial charge on any atom is 0.310 e. The minimum atomic E-state index is -0.732. The predicted octanol–water partition coefficient (Wildman–Crippen LogP) is 0.644. The van der Waals surface area contributed by atoms with Gasteiger partial charge >= 0.3 is 5.97 Å². The van der Waals surface area contributed by atoms with Crippen molar-refractivity contribution in [2.45, 2.75) is 32.6 Å². The van der Waals surface area contributed by atoms with Gasteiger partial charge in [0.2, 0.25) is 0 Å². The van der Waals surface area contributed by atoms with Crippen LogP contribution in [-0.4, -0.2) is 31.3 Å².